The molecular formula is C26H23ClN4. The Bertz CT molecular complexity index is 1200. The molecule has 0 spiro atoms. The van der Waals surface area contributed by atoms with Crippen LogP contribution in [0.15, 0.2) is 78.9 Å². The van der Waals surface area contributed by atoms with Gasteiger partial charge in [-0.25, -0.2) is 9.97 Å². The Balaban J connectivity index is 1.44. The molecular weight excluding hydrogens is 404 g/mol. The molecule has 0 radical (unpaired) electrons. The average Bonchev–Trinajstić information content (AvgIpc) is 2.84. The van der Waals surface area contributed by atoms with Crippen molar-refractivity contribution in [2.75, 3.05) is 36.0 Å². The van der Waals surface area contributed by atoms with E-state index in [-0.39, 0.29) is 0 Å². The lowest BCUT2D eigenvalue weighted by atomic mass is 10.2. The van der Waals surface area contributed by atoms with E-state index in [4.69, 9.17) is 21.6 Å². The Kier molecular flexibility index (Phi) is 5.55. The summed E-state index contributed by atoms with van der Waals surface area (Å²) in [5.74, 6) is 0.941. The summed E-state index contributed by atoms with van der Waals surface area (Å²) in [6.45, 7) is 3.73. The van der Waals surface area contributed by atoms with Crippen molar-refractivity contribution in [1.82, 2.24) is 9.97 Å². The lowest BCUT2D eigenvalue weighted by Crippen LogP contribution is -2.47. The van der Waals surface area contributed by atoms with E-state index in [0.29, 0.717) is 0 Å². The molecule has 0 saturated carbocycles. The van der Waals surface area contributed by atoms with Gasteiger partial charge in [-0.05, 0) is 48.0 Å². The number of rotatable bonds is 4. The summed E-state index contributed by atoms with van der Waals surface area (Å²) in [5.41, 5.74) is 5.08. The second kappa shape index (κ2) is 8.78. The summed E-state index contributed by atoms with van der Waals surface area (Å²) in [5, 5.41) is 0.736. The second-order valence-corrected chi connectivity index (χ2v) is 8.05. The van der Waals surface area contributed by atoms with Crippen LogP contribution in [0, 0.1) is 0 Å². The zero-order valence-electron chi connectivity index (χ0n) is 17.2. The number of halogens is 1. The molecule has 0 amide bonds. The molecule has 154 valence electrons. The number of para-hydroxylation sites is 3. The molecule has 1 saturated heterocycles. The van der Waals surface area contributed by atoms with Crippen LogP contribution in [0.25, 0.3) is 23.2 Å². The fourth-order valence-corrected chi connectivity index (χ4v) is 4.04. The van der Waals surface area contributed by atoms with E-state index in [9.17, 15) is 0 Å². The van der Waals surface area contributed by atoms with Crippen LogP contribution in [0.5, 0.6) is 0 Å². The monoisotopic (exact) mass is 426 g/mol. The summed E-state index contributed by atoms with van der Waals surface area (Å²) in [7, 11) is 0. The Labute approximate surface area is 187 Å². The first kappa shape index (κ1) is 19.6. The van der Waals surface area contributed by atoms with Crippen molar-refractivity contribution in [3.05, 3.63) is 95.1 Å². The number of benzene rings is 3. The Hall–Kier alpha value is -3.37. The molecule has 5 heteroatoms. The molecule has 0 aliphatic carbocycles. The highest BCUT2D eigenvalue weighted by Gasteiger charge is 2.21. The van der Waals surface area contributed by atoms with E-state index in [1.807, 2.05) is 48.5 Å². The first-order valence-electron chi connectivity index (χ1n) is 10.5. The topological polar surface area (TPSA) is 32.3 Å². The number of nitrogens with zero attached hydrogens (tertiary/aromatic N) is 4. The van der Waals surface area contributed by atoms with Crippen LogP contribution < -0.4 is 9.80 Å². The van der Waals surface area contributed by atoms with Crippen molar-refractivity contribution in [1.29, 1.82) is 0 Å². The van der Waals surface area contributed by atoms with Gasteiger partial charge in [0, 0.05) is 36.9 Å². The molecule has 3 aromatic carbocycles. The largest absolute Gasteiger partial charge is 0.368 e. The quantitative estimate of drug-likeness (QED) is 0.414. The minimum Gasteiger partial charge on any atom is -0.368 e. The molecule has 2 heterocycles. The first-order chi connectivity index (χ1) is 15.3. The number of aromatic nitrogens is 2. The van der Waals surface area contributed by atoms with Crippen molar-refractivity contribution < 1.29 is 0 Å². The highest BCUT2D eigenvalue weighted by atomic mass is 35.5. The number of hydrogen-bond acceptors (Lipinski definition) is 4. The van der Waals surface area contributed by atoms with Gasteiger partial charge in [0.2, 0.25) is 0 Å². The third kappa shape index (κ3) is 4.39. The maximum Gasteiger partial charge on any atom is 0.155 e. The summed E-state index contributed by atoms with van der Waals surface area (Å²) in [4.78, 5) is 14.7. The lowest BCUT2D eigenvalue weighted by Gasteiger charge is -2.37. The van der Waals surface area contributed by atoms with Crippen LogP contribution in [0.3, 0.4) is 0 Å². The van der Waals surface area contributed by atoms with E-state index in [0.717, 1.165) is 59.3 Å². The van der Waals surface area contributed by atoms with E-state index < -0.39 is 0 Å². The minimum absolute atomic E-state index is 0.736. The fourth-order valence-electron chi connectivity index (χ4n) is 3.91. The molecule has 4 nitrogen and oxygen atoms in total. The highest BCUT2D eigenvalue weighted by Crippen LogP contribution is 2.25. The number of fused-ring (bicyclic) bond motifs is 1. The predicted molar refractivity (Wildman–Crippen MR) is 131 cm³/mol. The van der Waals surface area contributed by atoms with E-state index in [1.54, 1.807) is 0 Å². The summed E-state index contributed by atoms with van der Waals surface area (Å²) in [6, 6.07) is 26.5. The van der Waals surface area contributed by atoms with Gasteiger partial charge in [-0.15, -0.1) is 0 Å². The van der Waals surface area contributed by atoms with Gasteiger partial charge in [0.05, 0.1) is 11.0 Å². The number of piperazine rings is 1. The molecule has 4 aromatic rings. The van der Waals surface area contributed by atoms with Crippen molar-refractivity contribution >= 4 is 46.3 Å². The first-order valence-corrected chi connectivity index (χ1v) is 10.9. The lowest BCUT2D eigenvalue weighted by molar-refractivity contribution is 0.647. The maximum atomic E-state index is 6.02. The van der Waals surface area contributed by atoms with Gasteiger partial charge in [-0.3, -0.25) is 0 Å². The van der Waals surface area contributed by atoms with Crippen LogP contribution in [0.4, 0.5) is 11.5 Å². The normalized spacial score (nSPS) is 14.5. The number of anilines is 2. The van der Waals surface area contributed by atoms with E-state index in [1.165, 1.54) is 5.69 Å². The van der Waals surface area contributed by atoms with Gasteiger partial charge in [0.25, 0.3) is 0 Å². The smallest absolute Gasteiger partial charge is 0.155 e. The molecule has 0 unspecified atom stereocenters. The Morgan fingerprint density at radius 3 is 1.97 bits per heavy atom. The molecule has 0 N–H and O–H groups in total. The van der Waals surface area contributed by atoms with Crippen molar-refractivity contribution in [2.24, 2.45) is 0 Å². The molecule has 0 atom stereocenters. The van der Waals surface area contributed by atoms with Crippen LogP contribution in [0.1, 0.15) is 11.3 Å². The molecule has 1 aromatic heterocycles. The van der Waals surface area contributed by atoms with E-state index in [2.05, 4.69) is 52.3 Å². The van der Waals surface area contributed by atoms with Crippen molar-refractivity contribution in [3.8, 4) is 0 Å². The van der Waals surface area contributed by atoms with Crippen LogP contribution in [0.2, 0.25) is 5.02 Å². The van der Waals surface area contributed by atoms with E-state index >= 15 is 0 Å². The SMILES string of the molecule is Clc1ccc(/C=C/c2nc3ccccc3nc2N2CCN(c3ccccc3)CC2)cc1. The zero-order valence-corrected chi connectivity index (χ0v) is 17.9. The molecule has 1 aliphatic heterocycles. The van der Waals surface area contributed by atoms with Gasteiger partial charge >= 0.3 is 0 Å². The molecule has 5 rings (SSSR count). The molecule has 31 heavy (non-hydrogen) atoms. The van der Waals surface area contributed by atoms with Gasteiger partial charge in [-0.2, -0.15) is 0 Å². The minimum atomic E-state index is 0.736. The fraction of sp³-hybridized carbons (Fsp3) is 0.154. The van der Waals surface area contributed by atoms with Crippen LogP contribution in [-0.2, 0) is 0 Å². The third-order valence-electron chi connectivity index (χ3n) is 5.58. The van der Waals surface area contributed by atoms with Crippen molar-refractivity contribution in [2.45, 2.75) is 0 Å². The number of hydrogen-bond donors (Lipinski definition) is 0. The van der Waals surface area contributed by atoms with Gasteiger partial charge < -0.3 is 9.80 Å². The Morgan fingerprint density at radius 1 is 0.645 bits per heavy atom. The molecule has 0 bridgehead atoms. The Morgan fingerprint density at radius 2 is 1.26 bits per heavy atom. The molecule has 1 fully saturated rings. The van der Waals surface area contributed by atoms with Gasteiger partial charge in [0.15, 0.2) is 5.82 Å². The summed E-state index contributed by atoms with van der Waals surface area (Å²) in [6.07, 6.45) is 4.13. The zero-order chi connectivity index (χ0) is 21.0. The third-order valence-corrected chi connectivity index (χ3v) is 5.83. The van der Waals surface area contributed by atoms with Crippen LogP contribution in [-0.4, -0.2) is 36.1 Å². The summed E-state index contributed by atoms with van der Waals surface area (Å²) >= 11 is 6.02. The maximum absolute atomic E-state index is 6.02. The standard InChI is InChI=1S/C26H23ClN4/c27-21-13-10-20(11-14-21)12-15-25-26(29-24-9-5-4-8-23(24)28-25)31-18-16-30(17-19-31)22-6-2-1-3-7-22/h1-15H,16-19H2/b15-12+. The average molecular weight is 427 g/mol. The van der Waals surface area contributed by atoms with Crippen LogP contribution >= 0.6 is 11.6 Å². The second-order valence-electron chi connectivity index (χ2n) is 7.62. The van der Waals surface area contributed by atoms with Gasteiger partial charge in [0.1, 0.15) is 5.69 Å². The summed E-state index contributed by atoms with van der Waals surface area (Å²) < 4.78 is 0. The highest BCUT2D eigenvalue weighted by molar-refractivity contribution is 6.30. The predicted octanol–water partition coefficient (Wildman–Crippen LogP) is 5.78. The van der Waals surface area contributed by atoms with Crippen molar-refractivity contribution in [3.63, 3.8) is 0 Å². The molecule has 1 aliphatic rings. The van der Waals surface area contributed by atoms with Gasteiger partial charge in [-0.1, -0.05) is 60.1 Å².